The molecule has 3 aromatic carbocycles. The third kappa shape index (κ3) is 6.11. The Morgan fingerprint density at radius 1 is 0.810 bits per heavy atom. The fourth-order valence-electron chi connectivity index (χ4n) is 5.91. The van der Waals surface area contributed by atoms with Crippen LogP contribution in [0.3, 0.4) is 0 Å². The van der Waals surface area contributed by atoms with Crippen molar-refractivity contribution in [2.45, 2.75) is 37.0 Å². The molecular formula is C39H40N2O. The van der Waals surface area contributed by atoms with Gasteiger partial charge in [-0.05, 0) is 84.4 Å². The largest absolute Gasteiger partial charge is 0.465 e. The number of rotatable bonds is 3. The van der Waals surface area contributed by atoms with Crippen molar-refractivity contribution in [3.05, 3.63) is 169 Å². The molecule has 1 aliphatic carbocycles. The summed E-state index contributed by atoms with van der Waals surface area (Å²) in [6, 6.07) is 24.9. The summed E-state index contributed by atoms with van der Waals surface area (Å²) in [5, 5.41) is 0. The van der Waals surface area contributed by atoms with Crippen LogP contribution in [0.5, 0.6) is 5.75 Å². The monoisotopic (exact) mass is 552 g/mol. The molecule has 0 radical (unpaired) electrons. The summed E-state index contributed by atoms with van der Waals surface area (Å²) in [4.78, 5) is 2.13. The molecular weight excluding hydrogens is 512 g/mol. The van der Waals surface area contributed by atoms with Crippen molar-refractivity contribution < 1.29 is 4.74 Å². The Kier molecular flexibility index (Phi) is 8.78. The molecule has 212 valence electrons. The quantitative estimate of drug-likeness (QED) is 0.329. The summed E-state index contributed by atoms with van der Waals surface area (Å²) in [6.07, 6.45) is 20.6. The zero-order valence-corrected chi connectivity index (χ0v) is 24.5. The number of ether oxygens (including phenoxy) is 1. The Balaban J connectivity index is 1.53. The van der Waals surface area contributed by atoms with Crippen molar-refractivity contribution in [1.29, 1.82) is 0 Å². The zero-order chi connectivity index (χ0) is 29.5. The molecule has 2 aliphatic rings. The van der Waals surface area contributed by atoms with Crippen LogP contribution in [0.2, 0.25) is 0 Å². The van der Waals surface area contributed by atoms with Crippen LogP contribution < -0.4 is 15.4 Å². The van der Waals surface area contributed by atoms with Crippen LogP contribution in [-0.4, -0.2) is 7.05 Å². The van der Waals surface area contributed by atoms with Gasteiger partial charge in [0.2, 0.25) is 0 Å². The van der Waals surface area contributed by atoms with E-state index in [1.165, 1.54) is 5.56 Å². The van der Waals surface area contributed by atoms with Crippen LogP contribution in [0.1, 0.15) is 42.7 Å². The smallest absolute Gasteiger partial charge is 0.130 e. The highest BCUT2D eigenvalue weighted by Gasteiger charge is 2.36. The van der Waals surface area contributed by atoms with Crippen molar-refractivity contribution in [2.75, 3.05) is 17.7 Å². The van der Waals surface area contributed by atoms with Gasteiger partial charge in [0.1, 0.15) is 5.75 Å². The lowest BCUT2D eigenvalue weighted by molar-refractivity contribution is 0.405. The molecule has 5 rings (SSSR count). The Morgan fingerprint density at radius 2 is 1.50 bits per heavy atom. The van der Waals surface area contributed by atoms with Crippen molar-refractivity contribution in [2.24, 2.45) is 0 Å². The van der Waals surface area contributed by atoms with Gasteiger partial charge in [-0.3, -0.25) is 0 Å². The number of fused-ring (bicyclic) bond motifs is 2. The first kappa shape index (κ1) is 28.8. The summed E-state index contributed by atoms with van der Waals surface area (Å²) in [7, 11) is 2.05. The number of benzene rings is 3. The summed E-state index contributed by atoms with van der Waals surface area (Å²) in [6.45, 7) is 13.0. The normalized spacial score (nSPS) is 21.0. The van der Waals surface area contributed by atoms with E-state index in [0.29, 0.717) is 0 Å². The number of nitrogens with zero attached hydrogens (tertiary/aromatic N) is 1. The second-order valence-electron chi connectivity index (χ2n) is 11.1. The van der Waals surface area contributed by atoms with Gasteiger partial charge < -0.3 is 15.4 Å². The zero-order valence-electron chi connectivity index (χ0n) is 24.5. The maximum atomic E-state index is 6.39. The Morgan fingerprint density at radius 3 is 2.24 bits per heavy atom. The standard InChI is InChI=1S/C39H40N2O/c1-29-14-9-11-25-39(26-12-10-15-30(29)2)31(3)22-23-32(24-27-42-38-21-8-5-18-35(38)39)33-16-13-17-34(28-33)41(4)37-20-7-6-19-36(37)40/h5-10,13-24,27-28,32H,1-3,11-12,25-26,40H2,4H3/b14-9-,15-10-,23-22-,27-24?. The van der Waals surface area contributed by atoms with Crippen LogP contribution >= 0.6 is 0 Å². The average molecular weight is 553 g/mol. The van der Waals surface area contributed by atoms with Gasteiger partial charge in [-0.1, -0.05) is 98.7 Å². The Hall–Kier alpha value is -4.76. The van der Waals surface area contributed by atoms with Crippen LogP contribution in [0.4, 0.5) is 17.1 Å². The number of anilines is 3. The lowest BCUT2D eigenvalue weighted by Gasteiger charge is -2.37. The summed E-state index contributed by atoms with van der Waals surface area (Å²) in [5.74, 6) is 0.869. The molecule has 0 amide bonds. The number of para-hydroxylation sites is 3. The Labute approximate surface area is 251 Å². The topological polar surface area (TPSA) is 38.5 Å². The van der Waals surface area contributed by atoms with Gasteiger partial charge in [-0.25, -0.2) is 0 Å². The van der Waals surface area contributed by atoms with E-state index >= 15 is 0 Å². The highest BCUT2D eigenvalue weighted by atomic mass is 16.5. The number of nitrogens with two attached hydrogens (primary N) is 1. The van der Waals surface area contributed by atoms with E-state index in [-0.39, 0.29) is 11.3 Å². The number of allylic oxidation sites excluding steroid dienone is 10. The average Bonchev–Trinajstić information content (AvgIpc) is 3.04. The third-order valence-corrected chi connectivity index (χ3v) is 8.47. The van der Waals surface area contributed by atoms with Gasteiger partial charge in [-0.15, -0.1) is 0 Å². The van der Waals surface area contributed by atoms with E-state index < -0.39 is 0 Å². The van der Waals surface area contributed by atoms with Gasteiger partial charge >= 0.3 is 0 Å². The molecule has 0 bridgehead atoms. The minimum atomic E-state index is -0.294. The van der Waals surface area contributed by atoms with Crippen molar-refractivity contribution in [1.82, 2.24) is 0 Å². The molecule has 3 heteroatoms. The highest BCUT2D eigenvalue weighted by molar-refractivity contribution is 5.74. The van der Waals surface area contributed by atoms with Gasteiger partial charge in [0.15, 0.2) is 0 Å². The maximum absolute atomic E-state index is 6.39. The summed E-state index contributed by atoms with van der Waals surface area (Å²) >= 11 is 0. The van der Waals surface area contributed by atoms with Crippen molar-refractivity contribution in [3.8, 4) is 5.75 Å². The van der Waals surface area contributed by atoms with E-state index in [1.807, 2.05) is 43.6 Å². The predicted octanol–water partition coefficient (Wildman–Crippen LogP) is 9.88. The highest BCUT2D eigenvalue weighted by Crippen LogP contribution is 2.46. The van der Waals surface area contributed by atoms with Gasteiger partial charge in [-0.2, -0.15) is 0 Å². The second-order valence-corrected chi connectivity index (χ2v) is 11.1. The first-order valence-corrected chi connectivity index (χ1v) is 14.6. The molecule has 0 saturated heterocycles. The molecule has 3 aromatic rings. The molecule has 3 nitrogen and oxygen atoms in total. The number of hydrogen-bond donors (Lipinski definition) is 1. The minimum absolute atomic E-state index is 0.000272. The molecule has 1 atom stereocenters. The molecule has 1 aliphatic heterocycles. The first-order valence-electron chi connectivity index (χ1n) is 14.6. The molecule has 2 N–H and O–H groups in total. The number of nitrogen functional groups attached to an aromatic ring is 1. The Bertz CT molecular complexity index is 1570. The van der Waals surface area contributed by atoms with E-state index in [0.717, 1.165) is 70.8 Å². The van der Waals surface area contributed by atoms with Crippen LogP contribution in [0.15, 0.2) is 158 Å². The lowest BCUT2D eigenvalue weighted by atomic mass is 9.67. The van der Waals surface area contributed by atoms with Gasteiger partial charge in [0.25, 0.3) is 0 Å². The van der Waals surface area contributed by atoms with Crippen LogP contribution in [0, 0.1) is 0 Å². The maximum Gasteiger partial charge on any atom is 0.130 e. The minimum Gasteiger partial charge on any atom is -0.465 e. The summed E-state index contributed by atoms with van der Waals surface area (Å²) < 4.78 is 6.39. The molecule has 1 heterocycles. The van der Waals surface area contributed by atoms with E-state index in [2.05, 4.69) is 103 Å². The number of hydrogen-bond acceptors (Lipinski definition) is 3. The fourth-order valence-corrected chi connectivity index (χ4v) is 5.91. The van der Waals surface area contributed by atoms with Crippen molar-refractivity contribution >= 4 is 17.1 Å². The van der Waals surface area contributed by atoms with E-state index in [9.17, 15) is 0 Å². The molecule has 0 fully saturated rings. The SMILES string of the molecule is C=C1/C=C\CCC2(CC/C=C\C1=C)C(=C)/C=C\C(c1cccc(N(C)c3ccccc3N)c1)C=COc1ccccc12. The van der Waals surface area contributed by atoms with Gasteiger partial charge in [0.05, 0.1) is 17.6 Å². The summed E-state index contributed by atoms with van der Waals surface area (Å²) in [5.41, 5.74) is 14.1. The predicted molar refractivity (Wildman–Crippen MR) is 179 cm³/mol. The van der Waals surface area contributed by atoms with E-state index in [4.69, 9.17) is 17.0 Å². The first-order chi connectivity index (χ1) is 20.4. The molecule has 0 saturated carbocycles. The van der Waals surface area contributed by atoms with Crippen molar-refractivity contribution in [3.63, 3.8) is 0 Å². The molecule has 1 unspecified atom stereocenters. The molecule has 0 aromatic heterocycles. The second kappa shape index (κ2) is 12.8. The molecule has 1 spiro atoms. The van der Waals surface area contributed by atoms with E-state index in [1.54, 1.807) is 0 Å². The third-order valence-electron chi connectivity index (χ3n) is 8.47. The van der Waals surface area contributed by atoms with Crippen LogP contribution in [-0.2, 0) is 5.41 Å². The van der Waals surface area contributed by atoms with Crippen LogP contribution in [0.25, 0.3) is 0 Å². The van der Waals surface area contributed by atoms with Gasteiger partial charge in [0, 0.05) is 29.6 Å². The lowest BCUT2D eigenvalue weighted by Crippen LogP contribution is -2.28. The fraction of sp³-hybridized carbons (Fsp3) is 0.179. The molecule has 42 heavy (non-hydrogen) atoms.